The Bertz CT molecular complexity index is 441. The molecular weight excluding hydrogens is 286 g/mol. The van der Waals surface area contributed by atoms with E-state index in [1.807, 2.05) is 0 Å². The molecule has 1 unspecified atom stereocenters. The van der Waals surface area contributed by atoms with Gasteiger partial charge in [0.1, 0.15) is 0 Å². The minimum atomic E-state index is -0.349. The number of hydrogen-bond donors (Lipinski definition) is 2. The highest BCUT2D eigenvalue weighted by Gasteiger charge is 2.53. The number of piperazine rings is 1. The maximum atomic E-state index is 13.3. The van der Waals surface area contributed by atoms with Crippen molar-refractivity contribution in [1.82, 2.24) is 15.5 Å². The van der Waals surface area contributed by atoms with E-state index < -0.39 is 0 Å². The van der Waals surface area contributed by atoms with Crippen molar-refractivity contribution in [2.45, 2.75) is 103 Å². The molecule has 0 aromatic heterocycles. The molecule has 0 aromatic carbocycles. The highest BCUT2D eigenvalue weighted by molar-refractivity contribution is 5.88. The van der Waals surface area contributed by atoms with E-state index in [1.54, 1.807) is 0 Å². The molecule has 1 aliphatic carbocycles. The molecule has 4 heteroatoms. The van der Waals surface area contributed by atoms with Crippen LogP contribution in [0, 0.1) is 0 Å². The van der Waals surface area contributed by atoms with Crippen molar-refractivity contribution in [1.29, 1.82) is 0 Å². The molecule has 1 amide bonds. The van der Waals surface area contributed by atoms with Crippen LogP contribution in [0.3, 0.4) is 0 Å². The normalized spacial score (nSPS) is 29.2. The second kappa shape index (κ2) is 6.03. The number of carbonyl (C=O) groups excluding carboxylic acids is 1. The van der Waals surface area contributed by atoms with Crippen LogP contribution in [-0.4, -0.2) is 46.1 Å². The molecule has 2 rings (SSSR count). The monoisotopic (exact) mass is 323 g/mol. The van der Waals surface area contributed by atoms with E-state index >= 15 is 0 Å². The number of nitrogens with one attached hydrogen (secondary N) is 2. The lowest BCUT2D eigenvalue weighted by atomic mass is 9.75. The maximum absolute atomic E-state index is 13.3. The van der Waals surface area contributed by atoms with Gasteiger partial charge in [-0.25, -0.2) is 0 Å². The summed E-state index contributed by atoms with van der Waals surface area (Å²) in [7, 11) is 0. The molecule has 2 fully saturated rings. The van der Waals surface area contributed by atoms with Crippen LogP contribution in [0.5, 0.6) is 0 Å². The number of carbonyl (C=O) groups is 1. The zero-order chi connectivity index (χ0) is 17.5. The Morgan fingerprint density at radius 3 is 2.13 bits per heavy atom. The number of hydrogen-bond acceptors (Lipinski definition) is 3. The molecule has 0 bridgehead atoms. The van der Waals surface area contributed by atoms with Gasteiger partial charge in [0.15, 0.2) is 0 Å². The van der Waals surface area contributed by atoms with E-state index in [4.69, 9.17) is 0 Å². The molecule has 1 aliphatic heterocycles. The van der Waals surface area contributed by atoms with E-state index in [9.17, 15) is 4.79 Å². The lowest BCUT2D eigenvalue weighted by Crippen LogP contribution is -2.77. The maximum Gasteiger partial charge on any atom is 0.243 e. The second-order valence-corrected chi connectivity index (χ2v) is 9.99. The van der Waals surface area contributed by atoms with E-state index in [2.05, 4.69) is 64.0 Å². The van der Waals surface area contributed by atoms with Crippen LogP contribution in [0.2, 0.25) is 0 Å². The molecule has 1 saturated carbocycles. The Balaban J connectivity index is 2.28. The quantitative estimate of drug-likeness (QED) is 0.821. The van der Waals surface area contributed by atoms with Crippen LogP contribution in [-0.2, 0) is 4.79 Å². The van der Waals surface area contributed by atoms with E-state index in [-0.39, 0.29) is 22.2 Å². The van der Waals surface area contributed by atoms with Crippen molar-refractivity contribution in [2.75, 3.05) is 13.1 Å². The minimum absolute atomic E-state index is 0.0818. The third-order valence-electron chi connectivity index (χ3n) is 5.23. The Labute approximate surface area is 142 Å². The van der Waals surface area contributed by atoms with Crippen LogP contribution in [0.25, 0.3) is 0 Å². The molecule has 134 valence electrons. The van der Waals surface area contributed by atoms with Crippen LogP contribution in [0.4, 0.5) is 0 Å². The first-order valence-electron chi connectivity index (χ1n) is 9.24. The minimum Gasteiger partial charge on any atom is -0.334 e. The summed E-state index contributed by atoms with van der Waals surface area (Å²) in [5, 5.41) is 7.46. The van der Waals surface area contributed by atoms with Crippen LogP contribution in [0.15, 0.2) is 0 Å². The van der Waals surface area contributed by atoms with Crippen molar-refractivity contribution >= 4 is 5.91 Å². The first-order chi connectivity index (χ1) is 10.4. The average molecular weight is 324 g/mol. The topological polar surface area (TPSA) is 44.4 Å². The zero-order valence-electron chi connectivity index (χ0n) is 16.3. The molecular formula is C19H37N3O. The van der Waals surface area contributed by atoms with Gasteiger partial charge in [-0.05, 0) is 61.3 Å². The first-order valence-corrected chi connectivity index (χ1v) is 9.24. The summed E-state index contributed by atoms with van der Waals surface area (Å²) >= 11 is 0. The zero-order valence-corrected chi connectivity index (χ0v) is 16.3. The fraction of sp³-hybridized carbons (Fsp3) is 0.947. The van der Waals surface area contributed by atoms with Gasteiger partial charge in [0.2, 0.25) is 5.91 Å². The molecule has 1 spiro atoms. The highest BCUT2D eigenvalue weighted by Crippen LogP contribution is 2.37. The van der Waals surface area contributed by atoms with E-state index in [1.165, 1.54) is 6.42 Å². The van der Waals surface area contributed by atoms with Crippen LogP contribution < -0.4 is 10.6 Å². The standard InChI is InChI=1S/C19H37N3O/c1-16(2,3)20-13-18(7)14-22(17(4,5)6)15(23)19(21-18)11-9-8-10-12-19/h20-21H,8-14H2,1-7H3. The van der Waals surface area contributed by atoms with Crippen LogP contribution >= 0.6 is 0 Å². The molecule has 0 radical (unpaired) electrons. The molecule has 2 aliphatic rings. The Morgan fingerprint density at radius 2 is 1.65 bits per heavy atom. The average Bonchev–Trinajstić information content (AvgIpc) is 2.40. The third kappa shape index (κ3) is 4.27. The van der Waals surface area contributed by atoms with E-state index in [0.29, 0.717) is 5.91 Å². The van der Waals surface area contributed by atoms with Crippen molar-refractivity contribution in [3.63, 3.8) is 0 Å². The molecule has 0 aromatic rings. The highest BCUT2D eigenvalue weighted by atomic mass is 16.2. The molecule has 1 atom stereocenters. The summed E-state index contributed by atoms with van der Waals surface area (Å²) in [6.07, 6.45) is 5.51. The first kappa shape index (κ1) is 18.7. The summed E-state index contributed by atoms with van der Waals surface area (Å²) in [5.41, 5.74) is -0.491. The lowest BCUT2D eigenvalue weighted by molar-refractivity contribution is -0.154. The van der Waals surface area contributed by atoms with Crippen molar-refractivity contribution < 1.29 is 4.79 Å². The van der Waals surface area contributed by atoms with Crippen molar-refractivity contribution in [2.24, 2.45) is 0 Å². The van der Waals surface area contributed by atoms with Gasteiger partial charge in [0, 0.05) is 29.7 Å². The number of nitrogens with zero attached hydrogens (tertiary/aromatic N) is 1. The van der Waals surface area contributed by atoms with Gasteiger partial charge in [0.05, 0.1) is 5.54 Å². The van der Waals surface area contributed by atoms with Gasteiger partial charge in [-0.1, -0.05) is 19.3 Å². The SMILES string of the molecule is CC(C)(C)NCC1(C)CN(C(C)(C)C)C(=O)C2(CCCCC2)N1. The van der Waals surface area contributed by atoms with Gasteiger partial charge in [0.25, 0.3) is 0 Å². The lowest BCUT2D eigenvalue weighted by Gasteiger charge is -2.56. The van der Waals surface area contributed by atoms with Crippen molar-refractivity contribution in [3.05, 3.63) is 0 Å². The number of rotatable bonds is 2. The van der Waals surface area contributed by atoms with Gasteiger partial charge < -0.3 is 10.2 Å². The molecule has 4 nitrogen and oxygen atoms in total. The Hall–Kier alpha value is -0.610. The second-order valence-electron chi connectivity index (χ2n) is 9.99. The van der Waals surface area contributed by atoms with Gasteiger partial charge >= 0.3 is 0 Å². The Kier molecular flexibility index (Phi) is 4.91. The molecule has 2 N–H and O–H groups in total. The van der Waals surface area contributed by atoms with Gasteiger partial charge in [-0.2, -0.15) is 0 Å². The van der Waals surface area contributed by atoms with Crippen LogP contribution in [0.1, 0.15) is 80.6 Å². The van der Waals surface area contributed by atoms with Gasteiger partial charge in [-0.3, -0.25) is 10.1 Å². The summed E-state index contributed by atoms with van der Waals surface area (Å²) < 4.78 is 0. The molecule has 1 saturated heterocycles. The summed E-state index contributed by atoms with van der Waals surface area (Å²) in [4.78, 5) is 15.4. The predicted octanol–water partition coefficient (Wildman–Crippen LogP) is 3.07. The fourth-order valence-corrected chi connectivity index (χ4v) is 3.95. The Morgan fingerprint density at radius 1 is 1.09 bits per heavy atom. The third-order valence-corrected chi connectivity index (χ3v) is 5.23. The summed E-state index contributed by atoms with van der Waals surface area (Å²) in [5.74, 6) is 0.318. The summed E-state index contributed by atoms with van der Waals surface area (Å²) in [6, 6.07) is 0. The smallest absolute Gasteiger partial charge is 0.243 e. The summed E-state index contributed by atoms with van der Waals surface area (Å²) in [6.45, 7) is 17.0. The van der Waals surface area contributed by atoms with Crippen molar-refractivity contribution in [3.8, 4) is 0 Å². The van der Waals surface area contributed by atoms with E-state index in [0.717, 1.165) is 38.8 Å². The fourth-order valence-electron chi connectivity index (χ4n) is 3.95. The number of amides is 1. The van der Waals surface area contributed by atoms with Gasteiger partial charge in [-0.15, -0.1) is 0 Å². The predicted molar refractivity (Wildman–Crippen MR) is 96.6 cm³/mol. The molecule has 23 heavy (non-hydrogen) atoms. The largest absolute Gasteiger partial charge is 0.334 e. The molecule has 1 heterocycles.